The Kier molecular flexibility index (Phi) is 7.85. The van der Waals surface area contributed by atoms with Crippen LogP contribution in [0.3, 0.4) is 0 Å². The van der Waals surface area contributed by atoms with E-state index in [1.807, 2.05) is 11.0 Å². The van der Waals surface area contributed by atoms with Crippen LogP contribution >= 0.6 is 23.2 Å². The maximum absolute atomic E-state index is 14.2. The Balaban J connectivity index is 1.39. The molecule has 1 saturated heterocycles. The molecule has 12 heteroatoms. The van der Waals surface area contributed by atoms with Gasteiger partial charge < -0.3 is 9.32 Å². The van der Waals surface area contributed by atoms with E-state index < -0.39 is 17.6 Å². The standard InChI is InChI=1S/C28H22Cl2F4N4O2/c1-37(12-16-2-8-21(24(31)10-16)28(32,33)34)25-14-38(13-20(25)19-7-9-22(29)23(30)11-19)27(39)18-5-3-17(4-6-18)26-36-35-15-40-26/h2-11,15,20,25H,12-14H2,1H3/t20-,25?/m1/s1. The van der Waals surface area contributed by atoms with Crippen LogP contribution in [0.1, 0.15) is 33.0 Å². The molecule has 0 N–H and O–H groups in total. The predicted molar refractivity (Wildman–Crippen MR) is 141 cm³/mol. The van der Waals surface area contributed by atoms with Crippen molar-refractivity contribution in [2.75, 3.05) is 20.1 Å². The first-order valence-corrected chi connectivity index (χ1v) is 12.9. The summed E-state index contributed by atoms with van der Waals surface area (Å²) < 4.78 is 58.5. The molecule has 208 valence electrons. The fourth-order valence-electron chi connectivity index (χ4n) is 5.00. The van der Waals surface area contributed by atoms with Crippen LogP contribution in [0.15, 0.2) is 71.5 Å². The molecule has 4 aromatic rings. The third-order valence-electron chi connectivity index (χ3n) is 7.02. The number of carbonyl (C=O) groups excluding carboxylic acids is 1. The first-order valence-electron chi connectivity index (χ1n) is 12.2. The minimum absolute atomic E-state index is 0.165. The van der Waals surface area contributed by atoms with Gasteiger partial charge in [0.05, 0.1) is 15.6 Å². The van der Waals surface area contributed by atoms with E-state index in [1.54, 1.807) is 48.3 Å². The van der Waals surface area contributed by atoms with Gasteiger partial charge in [0, 0.05) is 42.7 Å². The van der Waals surface area contributed by atoms with Crippen LogP contribution in [0, 0.1) is 5.82 Å². The molecule has 6 nitrogen and oxygen atoms in total. The zero-order chi connectivity index (χ0) is 28.6. The molecule has 0 spiro atoms. The van der Waals surface area contributed by atoms with Gasteiger partial charge in [-0.15, -0.1) is 10.2 Å². The largest absolute Gasteiger partial charge is 0.423 e. The van der Waals surface area contributed by atoms with Crippen molar-refractivity contribution in [1.29, 1.82) is 0 Å². The molecule has 2 heterocycles. The normalized spacial score (nSPS) is 17.6. The summed E-state index contributed by atoms with van der Waals surface area (Å²) in [4.78, 5) is 17.1. The highest BCUT2D eigenvalue weighted by Crippen LogP contribution is 2.36. The summed E-state index contributed by atoms with van der Waals surface area (Å²) in [6.07, 6.45) is -3.55. The number of halogens is 6. The van der Waals surface area contributed by atoms with Gasteiger partial charge in [-0.05, 0) is 66.7 Å². The summed E-state index contributed by atoms with van der Waals surface area (Å²) >= 11 is 12.4. The van der Waals surface area contributed by atoms with Gasteiger partial charge >= 0.3 is 6.18 Å². The van der Waals surface area contributed by atoms with Gasteiger partial charge in [-0.1, -0.05) is 35.3 Å². The number of alkyl halides is 3. The summed E-state index contributed by atoms with van der Waals surface area (Å²) in [6, 6.07) is 14.7. The number of likely N-dealkylation sites (tertiary alicyclic amines) is 1. The number of hydrogen-bond donors (Lipinski definition) is 0. The lowest BCUT2D eigenvalue weighted by Crippen LogP contribution is -2.38. The summed E-state index contributed by atoms with van der Waals surface area (Å²) in [6.45, 7) is 0.853. The minimum atomic E-state index is -4.77. The molecule has 1 fully saturated rings. The summed E-state index contributed by atoms with van der Waals surface area (Å²) in [5.41, 5.74) is 1.05. The number of hydrogen-bond acceptors (Lipinski definition) is 5. The van der Waals surface area contributed by atoms with E-state index in [1.165, 1.54) is 12.5 Å². The van der Waals surface area contributed by atoms with Crippen molar-refractivity contribution in [3.8, 4) is 11.5 Å². The fraction of sp³-hybridized carbons (Fsp3) is 0.250. The van der Waals surface area contributed by atoms with Gasteiger partial charge in [0.15, 0.2) is 0 Å². The van der Waals surface area contributed by atoms with Gasteiger partial charge in [-0.3, -0.25) is 9.69 Å². The highest BCUT2D eigenvalue weighted by atomic mass is 35.5. The molecule has 5 rings (SSSR count). The lowest BCUT2D eigenvalue weighted by Gasteiger charge is -2.29. The zero-order valence-electron chi connectivity index (χ0n) is 21.0. The third kappa shape index (κ3) is 5.84. The Morgan fingerprint density at radius 2 is 1.80 bits per heavy atom. The van der Waals surface area contributed by atoms with Crippen LogP contribution in [0.4, 0.5) is 17.6 Å². The summed E-state index contributed by atoms with van der Waals surface area (Å²) in [5, 5.41) is 8.28. The summed E-state index contributed by atoms with van der Waals surface area (Å²) in [5.74, 6) is -1.38. The van der Waals surface area contributed by atoms with Gasteiger partial charge in [0.1, 0.15) is 5.82 Å². The quantitative estimate of drug-likeness (QED) is 0.227. The Hall–Kier alpha value is -3.47. The number of benzene rings is 3. The number of amides is 1. The molecule has 1 aromatic heterocycles. The monoisotopic (exact) mass is 592 g/mol. The molecular weight excluding hydrogens is 571 g/mol. The molecule has 0 saturated carbocycles. The van der Waals surface area contributed by atoms with Crippen molar-refractivity contribution >= 4 is 29.1 Å². The van der Waals surface area contributed by atoms with E-state index in [-0.39, 0.29) is 24.4 Å². The van der Waals surface area contributed by atoms with Crippen LogP contribution in [0.25, 0.3) is 11.5 Å². The molecule has 1 unspecified atom stereocenters. The first kappa shape index (κ1) is 28.1. The van der Waals surface area contributed by atoms with Gasteiger partial charge in [-0.2, -0.15) is 13.2 Å². The molecule has 1 aliphatic heterocycles. The Labute approximate surface area is 237 Å². The first-order chi connectivity index (χ1) is 19.0. The van der Waals surface area contributed by atoms with Crippen molar-refractivity contribution in [2.45, 2.75) is 24.7 Å². The molecule has 1 amide bonds. The van der Waals surface area contributed by atoms with Gasteiger partial charge in [-0.25, -0.2) is 4.39 Å². The SMILES string of the molecule is CN(Cc1ccc(C(F)(F)F)c(F)c1)C1CN(C(=O)c2ccc(-c3nnco3)cc2)C[C@@H]1c1ccc(Cl)c(Cl)c1. The van der Waals surface area contributed by atoms with Crippen LogP contribution < -0.4 is 0 Å². The van der Waals surface area contributed by atoms with Crippen molar-refractivity contribution in [3.63, 3.8) is 0 Å². The Morgan fingerprint density at radius 1 is 1.05 bits per heavy atom. The maximum atomic E-state index is 14.2. The lowest BCUT2D eigenvalue weighted by atomic mass is 9.93. The number of likely N-dealkylation sites (N-methyl/N-ethyl adjacent to an activating group) is 1. The second-order valence-electron chi connectivity index (χ2n) is 9.61. The fourth-order valence-corrected chi connectivity index (χ4v) is 5.31. The zero-order valence-corrected chi connectivity index (χ0v) is 22.5. The average molecular weight is 593 g/mol. The van der Waals surface area contributed by atoms with Gasteiger partial charge in [0.2, 0.25) is 12.3 Å². The maximum Gasteiger partial charge on any atom is 0.419 e. The van der Waals surface area contributed by atoms with E-state index in [2.05, 4.69) is 10.2 Å². The third-order valence-corrected chi connectivity index (χ3v) is 7.76. The second-order valence-corrected chi connectivity index (χ2v) is 10.4. The smallest absolute Gasteiger partial charge is 0.419 e. The van der Waals surface area contributed by atoms with E-state index >= 15 is 0 Å². The predicted octanol–water partition coefficient (Wildman–Crippen LogP) is 6.94. The van der Waals surface area contributed by atoms with E-state index in [9.17, 15) is 22.4 Å². The molecule has 3 aromatic carbocycles. The van der Waals surface area contributed by atoms with Gasteiger partial charge in [0.25, 0.3) is 5.91 Å². The van der Waals surface area contributed by atoms with Crippen LogP contribution in [-0.4, -0.2) is 52.1 Å². The van der Waals surface area contributed by atoms with Crippen molar-refractivity contribution in [3.05, 3.63) is 105 Å². The minimum Gasteiger partial charge on any atom is -0.423 e. The van der Waals surface area contributed by atoms with E-state index in [0.29, 0.717) is 45.7 Å². The van der Waals surface area contributed by atoms with Crippen LogP contribution in [0.2, 0.25) is 10.0 Å². The number of carbonyl (C=O) groups is 1. The molecule has 1 aliphatic rings. The topological polar surface area (TPSA) is 62.5 Å². The van der Waals surface area contributed by atoms with E-state index in [0.717, 1.165) is 17.7 Å². The number of nitrogens with zero attached hydrogens (tertiary/aromatic N) is 4. The molecular formula is C28H22Cl2F4N4O2. The van der Waals surface area contributed by atoms with E-state index in [4.69, 9.17) is 27.6 Å². The Bertz CT molecular complexity index is 1510. The van der Waals surface area contributed by atoms with Crippen molar-refractivity contribution < 1.29 is 26.8 Å². The van der Waals surface area contributed by atoms with Crippen LogP contribution in [-0.2, 0) is 12.7 Å². The molecule has 2 atom stereocenters. The highest BCUT2D eigenvalue weighted by Gasteiger charge is 2.39. The Morgan fingerprint density at radius 3 is 2.42 bits per heavy atom. The average Bonchev–Trinajstić information content (AvgIpc) is 3.60. The lowest BCUT2D eigenvalue weighted by molar-refractivity contribution is -0.140. The number of rotatable bonds is 6. The molecule has 0 aliphatic carbocycles. The van der Waals surface area contributed by atoms with Crippen molar-refractivity contribution in [1.82, 2.24) is 20.0 Å². The molecule has 0 bridgehead atoms. The highest BCUT2D eigenvalue weighted by molar-refractivity contribution is 6.42. The molecule has 40 heavy (non-hydrogen) atoms. The molecule has 0 radical (unpaired) electrons. The van der Waals surface area contributed by atoms with Crippen molar-refractivity contribution in [2.24, 2.45) is 0 Å². The summed E-state index contributed by atoms with van der Waals surface area (Å²) in [7, 11) is 1.79. The van der Waals surface area contributed by atoms with Crippen LogP contribution in [0.5, 0.6) is 0 Å². The number of aromatic nitrogens is 2. The second kappa shape index (κ2) is 11.2.